The monoisotopic (exact) mass is 438 g/mol. The van der Waals surface area contributed by atoms with Crippen molar-refractivity contribution in [2.24, 2.45) is 0 Å². The van der Waals surface area contributed by atoms with E-state index in [2.05, 4.69) is 62.0 Å². The smallest absolute Gasteiger partial charge is 0.256 e. The molecule has 0 bridgehead atoms. The molecule has 2 aromatic carbocycles. The first kappa shape index (κ1) is 18.0. The second kappa shape index (κ2) is 7.97. The lowest BCUT2D eigenvalue weighted by molar-refractivity contribution is 0.102. The predicted octanol–water partition coefficient (Wildman–Crippen LogP) is 5.62. The van der Waals surface area contributed by atoms with Gasteiger partial charge in [0, 0.05) is 33.4 Å². The lowest BCUT2D eigenvalue weighted by Gasteiger charge is -2.22. The highest BCUT2D eigenvalue weighted by Gasteiger charge is 2.13. The van der Waals surface area contributed by atoms with Gasteiger partial charge in [-0.25, -0.2) is 0 Å². The normalized spacial score (nSPS) is 10.5. The van der Waals surface area contributed by atoms with Crippen LogP contribution in [0, 0.1) is 6.92 Å². The van der Waals surface area contributed by atoms with Gasteiger partial charge in [-0.3, -0.25) is 4.79 Å². The van der Waals surface area contributed by atoms with Crippen molar-refractivity contribution in [2.75, 3.05) is 23.3 Å². The average molecular weight is 440 g/mol. The summed E-state index contributed by atoms with van der Waals surface area (Å²) in [7, 11) is 0. The van der Waals surface area contributed by atoms with Gasteiger partial charge in [-0.05, 0) is 78.7 Å². The number of aryl methyl sites for hydroxylation is 1. The Bertz CT molecular complexity index is 712. The molecule has 0 spiro atoms. The van der Waals surface area contributed by atoms with Gasteiger partial charge in [-0.1, -0.05) is 15.9 Å². The number of nitrogens with one attached hydrogen (secondary N) is 1. The van der Waals surface area contributed by atoms with E-state index < -0.39 is 0 Å². The molecule has 1 amide bonds. The molecule has 5 heteroatoms. The topological polar surface area (TPSA) is 32.3 Å². The third-order valence-electron chi connectivity index (χ3n) is 3.76. The van der Waals surface area contributed by atoms with Crippen molar-refractivity contribution in [1.29, 1.82) is 0 Å². The van der Waals surface area contributed by atoms with E-state index in [1.165, 1.54) is 5.69 Å². The van der Waals surface area contributed by atoms with Crippen LogP contribution >= 0.6 is 31.9 Å². The Morgan fingerprint density at radius 2 is 1.78 bits per heavy atom. The molecule has 0 radical (unpaired) electrons. The molecular weight excluding hydrogens is 420 g/mol. The zero-order chi connectivity index (χ0) is 17.0. The molecule has 0 atom stereocenters. The highest BCUT2D eigenvalue weighted by Crippen LogP contribution is 2.26. The standard InChI is InChI=1S/C18H20Br2N2O/c1-4-22(5-2)14-7-9-17(12(3)10-14)21-18(23)15-11-13(19)6-8-16(15)20/h6-11H,4-5H2,1-3H3,(H,21,23). The number of hydrogen-bond donors (Lipinski definition) is 1. The molecule has 0 heterocycles. The molecule has 2 aromatic rings. The highest BCUT2D eigenvalue weighted by atomic mass is 79.9. The van der Waals surface area contributed by atoms with Gasteiger partial charge in [-0.2, -0.15) is 0 Å². The van der Waals surface area contributed by atoms with Crippen LogP contribution in [0.15, 0.2) is 45.3 Å². The van der Waals surface area contributed by atoms with Crippen LogP contribution in [0.1, 0.15) is 29.8 Å². The highest BCUT2D eigenvalue weighted by molar-refractivity contribution is 9.11. The molecular formula is C18H20Br2N2O. The maximum atomic E-state index is 12.5. The third-order valence-corrected chi connectivity index (χ3v) is 4.94. The molecule has 0 aliphatic carbocycles. The summed E-state index contributed by atoms with van der Waals surface area (Å²) in [6.07, 6.45) is 0. The van der Waals surface area contributed by atoms with Crippen LogP contribution in [0.25, 0.3) is 0 Å². The minimum Gasteiger partial charge on any atom is -0.372 e. The summed E-state index contributed by atoms with van der Waals surface area (Å²) in [6, 6.07) is 11.7. The van der Waals surface area contributed by atoms with Gasteiger partial charge in [0.2, 0.25) is 0 Å². The summed E-state index contributed by atoms with van der Waals surface area (Å²) >= 11 is 6.82. The summed E-state index contributed by atoms with van der Waals surface area (Å²) in [4.78, 5) is 14.8. The van der Waals surface area contributed by atoms with E-state index in [0.717, 1.165) is 33.3 Å². The van der Waals surface area contributed by atoms with Gasteiger partial charge in [0.05, 0.1) is 5.56 Å². The Balaban J connectivity index is 2.23. The van der Waals surface area contributed by atoms with Crippen molar-refractivity contribution < 1.29 is 4.79 Å². The average Bonchev–Trinajstić information content (AvgIpc) is 2.53. The number of rotatable bonds is 5. The summed E-state index contributed by atoms with van der Waals surface area (Å²) in [5.74, 6) is -0.128. The largest absolute Gasteiger partial charge is 0.372 e. The summed E-state index contributed by atoms with van der Waals surface area (Å²) in [5, 5.41) is 2.99. The Kier molecular flexibility index (Phi) is 6.25. The zero-order valence-electron chi connectivity index (χ0n) is 13.5. The molecule has 0 aliphatic rings. The van der Waals surface area contributed by atoms with Crippen LogP contribution in [0.4, 0.5) is 11.4 Å². The summed E-state index contributed by atoms with van der Waals surface area (Å²) in [5.41, 5.74) is 3.66. The minimum atomic E-state index is -0.128. The van der Waals surface area contributed by atoms with Crippen LogP contribution in [-0.4, -0.2) is 19.0 Å². The number of hydrogen-bond acceptors (Lipinski definition) is 2. The Labute approximate surface area is 154 Å². The number of anilines is 2. The molecule has 2 rings (SSSR count). The van der Waals surface area contributed by atoms with E-state index in [4.69, 9.17) is 0 Å². The van der Waals surface area contributed by atoms with Gasteiger partial charge >= 0.3 is 0 Å². The Hall–Kier alpha value is -1.33. The quantitative estimate of drug-likeness (QED) is 0.655. The first-order valence-corrected chi connectivity index (χ1v) is 9.16. The lowest BCUT2D eigenvalue weighted by atomic mass is 10.1. The molecule has 0 saturated carbocycles. The molecule has 0 aromatic heterocycles. The number of amides is 1. The fraction of sp³-hybridized carbons (Fsp3) is 0.278. The van der Waals surface area contributed by atoms with Crippen LogP contribution in [-0.2, 0) is 0 Å². The van der Waals surface area contributed by atoms with Gasteiger partial charge in [0.1, 0.15) is 0 Å². The van der Waals surface area contributed by atoms with Gasteiger partial charge in [0.25, 0.3) is 5.91 Å². The van der Waals surface area contributed by atoms with Crippen molar-refractivity contribution in [3.05, 3.63) is 56.5 Å². The second-order valence-electron chi connectivity index (χ2n) is 5.25. The maximum absolute atomic E-state index is 12.5. The molecule has 23 heavy (non-hydrogen) atoms. The van der Waals surface area contributed by atoms with Crippen molar-refractivity contribution in [3.8, 4) is 0 Å². The lowest BCUT2D eigenvalue weighted by Crippen LogP contribution is -2.22. The molecule has 0 unspecified atom stereocenters. The van der Waals surface area contributed by atoms with E-state index in [-0.39, 0.29) is 5.91 Å². The van der Waals surface area contributed by atoms with Crippen molar-refractivity contribution >= 4 is 49.1 Å². The number of carbonyl (C=O) groups is 1. The van der Waals surface area contributed by atoms with Crippen LogP contribution in [0.2, 0.25) is 0 Å². The SMILES string of the molecule is CCN(CC)c1ccc(NC(=O)c2cc(Br)ccc2Br)c(C)c1. The van der Waals surface area contributed by atoms with E-state index in [0.29, 0.717) is 5.56 Å². The first-order chi connectivity index (χ1) is 11.0. The van der Waals surface area contributed by atoms with E-state index in [1.54, 1.807) is 6.07 Å². The molecule has 3 nitrogen and oxygen atoms in total. The van der Waals surface area contributed by atoms with Crippen molar-refractivity contribution in [2.45, 2.75) is 20.8 Å². The summed E-state index contributed by atoms with van der Waals surface area (Å²) < 4.78 is 1.65. The van der Waals surface area contributed by atoms with Crippen LogP contribution in [0.5, 0.6) is 0 Å². The zero-order valence-corrected chi connectivity index (χ0v) is 16.7. The number of nitrogens with zero attached hydrogens (tertiary/aromatic N) is 1. The van der Waals surface area contributed by atoms with Crippen LogP contribution in [0.3, 0.4) is 0 Å². The number of carbonyl (C=O) groups excluding carboxylic acids is 1. The molecule has 0 saturated heterocycles. The Morgan fingerprint density at radius 1 is 1.09 bits per heavy atom. The number of benzene rings is 2. The van der Waals surface area contributed by atoms with E-state index in [9.17, 15) is 4.79 Å². The second-order valence-corrected chi connectivity index (χ2v) is 7.02. The van der Waals surface area contributed by atoms with Crippen molar-refractivity contribution in [1.82, 2.24) is 0 Å². The molecule has 122 valence electrons. The molecule has 0 fully saturated rings. The van der Waals surface area contributed by atoms with Crippen LogP contribution < -0.4 is 10.2 Å². The fourth-order valence-corrected chi connectivity index (χ4v) is 3.22. The minimum absolute atomic E-state index is 0.128. The van der Waals surface area contributed by atoms with Gasteiger partial charge in [0.15, 0.2) is 0 Å². The summed E-state index contributed by atoms with van der Waals surface area (Å²) in [6.45, 7) is 8.22. The van der Waals surface area contributed by atoms with E-state index in [1.807, 2.05) is 31.2 Å². The van der Waals surface area contributed by atoms with E-state index >= 15 is 0 Å². The first-order valence-electron chi connectivity index (χ1n) is 7.58. The number of halogens is 2. The van der Waals surface area contributed by atoms with Gasteiger partial charge < -0.3 is 10.2 Å². The maximum Gasteiger partial charge on any atom is 0.256 e. The predicted molar refractivity (Wildman–Crippen MR) is 105 cm³/mol. The molecule has 0 aliphatic heterocycles. The molecule has 1 N–H and O–H groups in total. The van der Waals surface area contributed by atoms with Crippen molar-refractivity contribution in [3.63, 3.8) is 0 Å². The Morgan fingerprint density at radius 3 is 2.39 bits per heavy atom. The fourth-order valence-electron chi connectivity index (χ4n) is 2.43. The third kappa shape index (κ3) is 4.36. The van der Waals surface area contributed by atoms with Gasteiger partial charge in [-0.15, -0.1) is 0 Å².